The maximum absolute atomic E-state index is 13.3. The summed E-state index contributed by atoms with van der Waals surface area (Å²) in [5.41, 5.74) is 0.828. The number of aromatic nitrogens is 6. The molecule has 2 N–H and O–H groups in total. The van der Waals surface area contributed by atoms with Crippen molar-refractivity contribution in [3.8, 4) is 0 Å². The van der Waals surface area contributed by atoms with Gasteiger partial charge in [-0.1, -0.05) is 39.0 Å². The predicted octanol–water partition coefficient (Wildman–Crippen LogP) is 3.60. The van der Waals surface area contributed by atoms with Crippen LogP contribution >= 0.6 is 0 Å². The number of aromatic amines is 1. The van der Waals surface area contributed by atoms with Gasteiger partial charge in [0.1, 0.15) is 11.2 Å². The van der Waals surface area contributed by atoms with Crippen LogP contribution in [0.3, 0.4) is 0 Å². The third kappa shape index (κ3) is 4.01. The summed E-state index contributed by atoms with van der Waals surface area (Å²) in [4.78, 5) is 8.22. The van der Waals surface area contributed by atoms with Gasteiger partial charge in [-0.15, -0.1) is 10.2 Å². The van der Waals surface area contributed by atoms with Crippen LogP contribution in [0.1, 0.15) is 26.5 Å². The number of benzene rings is 1. The van der Waals surface area contributed by atoms with Gasteiger partial charge in [-0.05, 0) is 12.1 Å². The molecule has 0 aliphatic rings. The maximum atomic E-state index is 13.3. The van der Waals surface area contributed by atoms with Crippen molar-refractivity contribution in [1.29, 1.82) is 0 Å². The normalized spacial score (nSPS) is 12.6. The molecule has 0 amide bonds. The molecule has 0 spiro atoms. The molecule has 0 fully saturated rings. The summed E-state index contributed by atoms with van der Waals surface area (Å²) in [7, 11) is -2.36. The molecular weight excluding hydrogens is 418 g/mol. The molecule has 3 heterocycles. The van der Waals surface area contributed by atoms with E-state index in [0.717, 1.165) is 5.39 Å². The van der Waals surface area contributed by atoms with Crippen molar-refractivity contribution >= 4 is 38.4 Å². The lowest BCUT2D eigenvalue weighted by Gasteiger charge is -2.15. The summed E-state index contributed by atoms with van der Waals surface area (Å²) >= 11 is 0. The molecule has 1 aromatic carbocycles. The third-order valence-corrected chi connectivity index (χ3v) is 5.87. The largest absolute Gasteiger partial charge is 0.265 e. The molecule has 0 atom stereocenters. The van der Waals surface area contributed by atoms with Gasteiger partial charge in [0.15, 0.2) is 11.5 Å². The minimum Gasteiger partial charge on any atom is -0.262 e. The summed E-state index contributed by atoms with van der Waals surface area (Å²) in [6.07, 6.45) is 2.86. The Morgan fingerprint density at radius 1 is 1.10 bits per heavy atom. The van der Waals surface area contributed by atoms with E-state index in [0.29, 0.717) is 16.9 Å². The molecule has 12 heteroatoms. The number of H-pyrrole nitrogens is 1. The second-order valence-corrected chi connectivity index (χ2v) is 9.52. The fourth-order valence-corrected chi connectivity index (χ4v) is 4.32. The van der Waals surface area contributed by atoms with Crippen molar-refractivity contribution in [2.75, 3.05) is 4.72 Å². The van der Waals surface area contributed by atoms with E-state index >= 15 is 0 Å². The maximum Gasteiger partial charge on any atom is 0.265 e. The van der Waals surface area contributed by atoms with Gasteiger partial charge in [0.05, 0.1) is 11.2 Å². The summed E-state index contributed by atoms with van der Waals surface area (Å²) in [6.45, 7) is 5.86. The Kier molecular flexibility index (Phi) is 5.01. The average molecular weight is 440 g/mol. The van der Waals surface area contributed by atoms with Crippen LogP contribution in [-0.4, -0.2) is 38.4 Å². The van der Waals surface area contributed by atoms with E-state index in [1.54, 1.807) is 37.5 Å². The highest BCUT2D eigenvalue weighted by Gasteiger charge is 2.29. The number of sulfonamides is 1. The summed E-state index contributed by atoms with van der Waals surface area (Å²) in [6, 6.07) is 8.55. The quantitative estimate of drug-likeness (QED) is 0.455. The molecule has 31 heavy (non-hydrogen) atoms. The lowest BCUT2D eigenvalue weighted by atomic mass is 9.91. The number of hydrogen-bond donors (Lipinski definition) is 2. The first-order chi connectivity index (χ1) is 14.7. The highest BCUT2D eigenvalue weighted by molar-refractivity contribution is 7.93. The van der Waals surface area contributed by atoms with E-state index < -0.39 is 15.4 Å². The highest BCUT2D eigenvalue weighted by Crippen LogP contribution is 2.38. The third-order valence-electron chi connectivity index (χ3n) is 4.50. The van der Waals surface area contributed by atoms with Gasteiger partial charge < -0.3 is 0 Å². The van der Waals surface area contributed by atoms with Crippen LogP contribution in [0.15, 0.2) is 58.0 Å². The molecular formula is C19H21N9O2S. The van der Waals surface area contributed by atoms with Gasteiger partial charge >= 0.3 is 0 Å². The first-order valence-corrected chi connectivity index (χ1v) is 10.9. The fourth-order valence-electron chi connectivity index (χ4n) is 3.05. The first-order valence-electron chi connectivity index (χ1n) is 9.38. The molecule has 0 radical (unpaired) electrons. The first kappa shape index (κ1) is 20.6. The van der Waals surface area contributed by atoms with Crippen molar-refractivity contribution in [1.82, 2.24) is 29.9 Å². The Morgan fingerprint density at radius 2 is 1.87 bits per heavy atom. The van der Waals surface area contributed by atoms with Crippen LogP contribution in [-0.2, 0) is 22.5 Å². The molecule has 0 saturated carbocycles. The lowest BCUT2D eigenvalue weighted by Crippen LogP contribution is -2.16. The predicted molar refractivity (Wildman–Crippen MR) is 115 cm³/mol. The van der Waals surface area contributed by atoms with E-state index in [9.17, 15) is 8.42 Å². The van der Waals surface area contributed by atoms with Crippen LogP contribution in [0.25, 0.3) is 10.9 Å². The smallest absolute Gasteiger partial charge is 0.262 e. The van der Waals surface area contributed by atoms with Gasteiger partial charge in [0.25, 0.3) is 16.0 Å². The van der Waals surface area contributed by atoms with Gasteiger partial charge in [-0.2, -0.15) is 15.2 Å². The van der Waals surface area contributed by atoms with Gasteiger partial charge in [-0.25, -0.2) is 18.2 Å². The van der Waals surface area contributed by atoms with Gasteiger partial charge in [0.2, 0.25) is 0 Å². The average Bonchev–Trinajstić information content (AvgIpc) is 3.34. The Balaban J connectivity index is 1.83. The summed E-state index contributed by atoms with van der Waals surface area (Å²) in [5.74, 6) is 0.372. The number of azo groups is 1. The van der Waals surface area contributed by atoms with Crippen LogP contribution in [0.4, 0.5) is 17.5 Å². The van der Waals surface area contributed by atoms with Crippen molar-refractivity contribution < 1.29 is 8.42 Å². The number of rotatable bonds is 5. The zero-order chi connectivity index (χ0) is 22.2. The molecule has 4 rings (SSSR count). The standard InChI is InChI=1S/C19H21N9O2S/c1-19(2,3)16-15(23-25-18-21-11-22-24-18)17(28(4)26-16)27-31(29,30)13-9-5-7-12-8-6-10-20-14(12)13/h5-11,27H,1-4H3,(H,21,22,24). The minimum absolute atomic E-state index is 0.0576. The molecule has 0 saturated heterocycles. The van der Waals surface area contributed by atoms with Crippen molar-refractivity contribution in [3.05, 3.63) is 48.5 Å². The summed E-state index contributed by atoms with van der Waals surface area (Å²) < 4.78 is 30.7. The lowest BCUT2D eigenvalue weighted by molar-refractivity contribution is 0.554. The monoisotopic (exact) mass is 439 g/mol. The van der Waals surface area contributed by atoms with E-state index in [4.69, 9.17) is 0 Å². The molecule has 0 aliphatic carbocycles. The number of aryl methyl sites for hydroxylation is 1. The molecule has 160 valence electrons. The number of pyridine rings is 1. The zero-order valence-electron chi connectivity index (χ0n) is 17.4. The van der Waals surface area contributed by atoms with Crippen LogP contribution < -0.4 is 4.72 Å². The topological polar surface area (TPSA) is 143 Å². The van der Waals surface area contributed by atoms with E-state index in [2.05, 4.69) is 40.2 Å². The Hall–Kier alpha value is -3.67. The molecule has 0 aliphatic heterocycles. The van der Waals surface area contributed by atoms with Crippen molar-refractivity contribution in [3.63, 3.8) is 0 Å². The van der Waals surface area contributed by atoms with Crippen molar-refractivity contribution in [2.24, 2.45) is 17.3 Å². The highest BCUT2D eigenvalue weighted by atomic mass is 32.2. The van der Waals surface area contributed by atoms with E-state index in [1.165, 1.54) is 17.1 Å². The molecule has 0 unspecified atom stereocenters. The van der Waals surface area contributed by atoms with E-state index in [-0.39, 0.29) is 16.7 Å². The number of nitrogens with one attached hydrogen (secondary N) is 2. The zero-order valence-corrected chi connectivity index (χ0v) is 18.2. The molecule has 11 nitrogen and oxygen atoms in total. The Labute approximate surface area is 178 Å². The Morgan fingerprint density at radius 3 is 2.58 bits per heavy atom. The molecule has 0 bridgehead atoms. The Bertz CT molecular complexity index is 1360. The minimum atomic E-state index is -4.00. The molecule has 4 aromatic rings. The van der Waals surface area contributed by atoms with Gasteiger partial charge in [0, 0.05) is 24.0 Å². The fraction of sp³-hybridized carbons (Fsp3) is 0.263. The number of fused-ring (bicyclic) bond motifs is 1. The second kappa shape index (κ2) is 7.54. The van der Waals surface area contributed by atoms with Crippen LogP contribution in [0.2, 0.25) is 0 Å². The van der Waals surface area contributed by atoms with Crippen molar-refractivity contribution in [2.45, 2.75) is 31.1 Å². The van der Waals surface area contributed by atoms with Crippen LogP contribution in [0.5, 0.6) is 0 Å². The number of hydrogen-bond acceptors (Lipinski definition) is 8. The number of nitrogens with zero attached hydrogens (tertiary/aromatic N) is 7. The number of para-hydroxylation sites is 1. The SMILES string of the molecule is Cn1nc(C(C)(C)C)c(N=Nc2ncn[nH]2)c1NS(=O)(=O)c1cccc2cccnc12. The van der Waals surface area contributed by atoms with Crippen LogP contribution in [0, 0.1) is 0 Å². The summed E-state index contributed by atoms with van der Waals surface area (Å²) in [5, 5.41) is 19.8. The van der Waals surface area contributed by atoms with Gasteiger partial charge in [-0.3, -0.25) is 9.71 Å². The number of anilines is 1. The second-order valence-electron chi connectivity index (χ2n) is 7.87. The van der Waals surface area contributed by atoms with E-state index in [1.807, 2.05) is 20.8 Å². The molecule has 3 aromatic heterocycles.